The summed E-state index contributed by atoms with van der Waals surface area (Å²) in [6.45, 7) is 0.782. The summed E-state index contributed by atoms with van der Waals surface area (Å²) >= 11 is 0. The highest BCUT2D eigenvalue weighted by molar-refractivity contribution is 5.99. The monoisotopic (exact) mass is 322 g/mol. The molecule has 1 heterocycles. The number of carboxylic acids is 1. The van der Waals surface area contributed by atoms with E-state index in [2.05, 4.69) is 0 Å². The third-order valence-electron chi connectivity index (χ3n) is 3.80. The number of nitrogens with zero attached hydrogens (tertiary/aromatic N) is 2. The summed E-state index contributed by atoms with van der Waals surface area (Å²) in [4.78, 5) is 37.4. The zero-order valence-electron chi connectivity index (χ0n) is 12.9. The average Bonchev–Trinajstić information content (AvgIpc) is 2.92. The summed E-state index contributed by atoms with van der Waals surface area (Å²) in [5.41, 5.74) is 0.399. The minimum atomic E-state index is -0.938. The number of carboxylic acid groups (broad SMARTS) is 1. The molecule has 1 saturated heterocycles. The molecule has 0 saturated carbocycles. The first-order valence-corrected chi connectivity index (χ1v) is 7.47. The summed E-state index contributed by atoms with van der Waals surface area (Å²) in [5.74, 6) is -2.16. The summed E-state index contributed by atoms with van der Waals surface area (Å²) in [6, 6.07) is 4.05. The molecule has 0 aromatic heterocycles. The lowest BCUT2D eigenvalue weighted by Gasteiger charge is -2.20. The van der Waals surface area contributed by atoms with Crippen LogP contribution >= 0.6 is 0 Å². The molecule has 0 atom stereocenters. The quantitative estimate of drug-likeness (QED) is 0.867. The van der Waals surface area contributed by atoms with Gasteiger partial charge in [0.1, 0.15) is 5.82 Å². The first-order chi connectivity index (χ1) is 10.9. The van der Waals surface area contributed by atoms with Crippen LogP contribution in [0.15, 0.2) is 18.2 Å². The molecule has 0 radical (unpaired) electrons. The SMILES string of the molecule is CN(CCCC(=O)O)C(=O)c1cc(N2CCCC2=O)ccc1F. The molecule has 1 aliphatic rings. The van der Waals surface area contributed by atoms with E-state index in [-0.39, 0.29) is 24.4 Å². The maximum atomic E-state index is 14.0. The largest absolute Gasteiger partial charge is 0.481 e. The number of hydrogen-bond acceptors (Lipinski definition) is 3. The number of anilines is 1. The van der Waals surface area contributed by atoms with E-state index in [1.54, 1.807) is 4.90 Å². The van der Waals surface area contributed by atoms with Gasteiger partial charge in [0.25, 0.3) is 5.91 Å². The van der Waals surface area contributed by atoms with Gasteiger partial charge in [-0.1, -0.05) is 0 Å². The number of hydrogen-bond donors (Lipinski definition) is 1. The predicted octanol–water partition coefficient (Wildman–Crippen LogP) is 1.89. The minimum Gasteiger partial charge on any atom is -0.481 e. The molecule has 6 nitrogen and oxygen atoms in total. The Kier molecular flexibility index (Phi) is 5.31. The maximum absolute atomic E-state index is 14.0. The molecule has 0 aliphatic carbocycles. The second kappa shape index (κ2) is 7.21. The number of halogens is 1. The molecule has 23 heavy (non-hydrogen) atoms. The minimum absolute atomic E-state index is 0.0372. The molecular weight excluding hydrogens is 303 g/mol. The van der Waals surface area contributed by atoms with Crippen molar-refractivity contribution in [3.8, 4) is 0 Å². The molecule has 124 valence electrons. The van der Waals surface area contributed by atoms with Gasteiger partial charge < -0.3 is 14.9 Å². The normalized spacial score (nSPS) is 14.2. The van der Waals surface area contributed by atoms with Crippen molar-refractivity contribution in [3.05, 3.63) is 29.6 Å². The van der Waals surface area contributed by atoms with Gasteiger partial charge in [0.15, 0.2) is 0 Å². The van der Waals surface area contributed by atoms with E-state index >= 15 is 0 Å². The third kappa shape index (κ3) is 4.06. The van der Waals surface area contributed by atoms with Gasteiger partial charge in [-0.2, -0.15) is 0 Å². The Hall–Kier alpha value is -2.44. The molecule has 1 N–H and O–H groups in total. The first kappa shape index (κ1) is 16.9. The Morgan fingerprint density at radius 1 is 1.39 bits per heavy atom. The van der Waals surface area contributed by atoms with E-state index < -0.39 is 17.7 Å². The Balaban J connectivity index is 2.12. The fraction of sp³-hybridized carbons (Fsp3) is 0.438. The third-order valence-corrected chi connectivity index (χ3v) is 3.80. The summed E-state index contributed by atoms with van der Waals surface area (Å²) in [7, 11) is 1.50. The molecule has 2 amide bonds. The zero-order chi connectivity index (χ0) is 17.0. The lowest BCUT2D eigenvalue weighted by atomic mass is 10.1. The van der Waals surface area contributed by atoms with Crippen LogP contribution in [-0.4, -0.2) is 47.9 Å². The van der Waals surface area contributed by atoms with Crippen LogP contribution in [0, 0.1) is 5.82 Å². The topological polar surface area (TPSA) is 77.9 Å². The fourth-order valence-electron chi connectivity index (χ4n) is 2.54. The number of amides is 2. The Labute approximate surface area is 133 Å². The van der Waals surface area contributed by atoms with Crippen LogP contribution in [0.5, 0.6) is 0 Å². The molecular formula is C16H19FN2O4. The zero-order valence-corrected chi connectivity index (χ0v) is 12.9. The van der Waals surface area contributed by atoms with Gasteiger partial charge in [-0.25, -0.2) is 4.39 Å². The van der Waals surface area contributed by atoms with E-state index in [9.17, 15) is 18.8 Å². The second-order valence-electron chi connectivity index (χ2n) is 5.54. The van der Waals surface area contributed by atoms with Crippen molar-refractivity contribution < 1.29 is 23.9 Å². The van der Waals surface area contributed by atoms with Crippen molar-refractivity contribution >= 4 is 23.5 Å². The van der Waals surface area contributed by atoms with Crippen LogP contribution < -0.4 is 4.90 Å². The lowest BCUT2D eigenvalue weighted by Crippen LogP contribution is -2.29. The van der Waals surface area contributed by atoms with Crippen molar-refractivity contribution in [2.75, 3.05) is 25.0 Å². The van der Waals surface area contributed by atoms with E-state index in [1.165, 1.54) is 30.1 Å². The van der Waals surface area contributed by atoms with E-state index in [0.717, 1.165) is 6.42 Å². The highest BCUT2D eigenvalue weighted by Gasteiger charge is 2.24. The molecule has 1 aliphatic heterocycles. The van der Waals surface area contributed by atoms with Crippen LogP contribution in [0.2, 0.25) is 0 Å². The van der Waals surface area contributed by atoms with Gasteiger partial charge >= 0.3 is 5.97 Å². The summed E-state index contributed by atoms with van der Waals surface area (Å²) in [5, 5.41) is 8.61. The highest BCUT2D eigenvalue weighted by atomic mass is 19.1. The number of carbonyl (C=O) groups excluding carboxylic acids is 2. The van der Waals surface area contributed by atoms with Crippen molar-refractivity contribution in [1.82, 2.24) is 4.90 Å². The van der Waals surface area contributed by atoms with Crippen molar-refractivity contribution in [2.24, 2.45) is 0 Å². The average molecular weight is 322 g/mol. The van der Waals surface area contributed by atoms with Gasteiger partial charge in [0, 0.05) is 38.7 Å². The number of rotatable bonds is 6. The Morgan fingerprint density at radius 2 is 2.13 bits per heavy atom. The second-order valence-corrected chi connectivity index (χ2v) is 5.54. The lowest BCUT2D eigenvalue weighted by molar-refractivity contribution is -0.137. The van der Waals surface area contributed by atoms with Crippen LogP contribution in [0.25, 0.3) is 0 Å². The van der Waals surface area contributed by atoms with Gasteiger partial charge in [-0.3, -0.25) is 14.4 Å². The number of aliphatic carboxylic acids is 1. The summed E-state index contributed by atoms with van der Waals surface area (Å²) < 4.78 is 14.0. The molecule has 0 spiro atoms. The van der Waals surface area contributed by atoms with E-state index in [1.807, 2.05) is 0 Å². The molecule has 1 aromatic rings. The molecule has 2 rings (SSSR count). The van der Waals surface area contributed by atoms with Gasteiger partial charge in [0.2, 0.25) is 5.91 Å². The number of carbonyl (C=O) groups is 3. The van der Waals surface area contributed by atoms with Gasteiger partial charge in [0.05, 0.1) is 5.56 Å². The van der Waals surface area contributed by atoms with E-state index in [0.29, 0.717) is 25.1 Å². The Bertz CT molecular complexity index is 633. The molecule has 0 unspecified atom stereocenters. The van der Waals surface area contributed by atoms with Crippen LogP contribution in [0.3, 0.4) is 0 Å². The van der Waals surface area contributed by atoms with Crippen LogP contribution in [-0.2, 0) is 9.59 Å². The van der Waals surface area contributed by atoms with Crippen molar-refractivity contribution in [1.29, 1.82) is 0 Å². The Morgan fingerprint density at radius 3 is 2.74 bits per heavy atom. The standard InChI is InChI=1S/C16H19FN2O4/c1-18(8-3-5-15(21)22)16(23)12-10-11(6-7-13(12)17)19-9-2-4-14(19)20/h6-7,10H,2-5,8-9H2,1H3,(H,21,22). The first-order valence-electron chi connectivity index (χ1n) is 7.47. The fourth-order valence-corrected chi connectivity index (χ4v) is 2.54. The number of benzene rings is 1. The smallest absolute Gasteiger partial charge is 0.303 e. The molecule has 0 bridgehead atoms. The van der Waals surface area contributed by atoms with Crippen LogP contribution in [0.1, 0.15) is 36.0 Å². The van der Waals surface area contributed by atoms with Crippen LogP contribution in [0.4, 0.5) is 10.1 Å². The summed E-state index contributed by atoms with van der Waals surface area (Å²) in [6.07, 6.45) is 1.44. The highest BCUT2D eigenvalue weighted by Crippen LogP contribution is 2.24. The van der Waals surface area contributed by atoms with E-state index in [4.69, 9.17) is 5.11 Å². The maximum Gasteiger partial charge on any atom is 0.303 e. The molecule has 1 aromatic carbocycles. The van der Waals surface area contributed by atoms with Gasteiger partial charge in [-0.05, 0) is 31.0 Å². The molecule has 1 fully saturated rings. The van der Waals surface area contributed by atoms with Crippen molar-refractivity contribution in [3.63, 3.8) is 0 Å². The molecule has 7 heteroatoms. The van der Waals surface area contributed by atoms with Gasteiger partial charge in [-0.15, -0.1) is 0 Å². The predicted molar refractivity (Wildman–Crippen MR) is 81.8 cm³/mol. The van der Waals surface area contributed by atoms with Crippen molar-refractivity contribution in [2.45, 2.75) is 25.7 Å².